The molecule has 0 aliphatic rings. The Labute approximate surface area is 147 Å². The fourth-order valence-corrected chi connectivity index (χ4v) is 2.08. The van der Waals surface area contributed by atoms with Crippen molar-refractivity contribution in [2.45, 2.75) is 20.5 Å². The van der Waals surface area contributed by atoms with Crippen LogP contribution in [0.15, 0.2) is 42.5 Å². The van der Waals surface area contributed by atoms with Crippen molar-refractivity contribution in [3.05, 3.63) is 59.2 Å². The molecule has 5 heteroatoms. The zero-order valence-electron chi connectivity index (χ0n) is 14.6. The standard InChI is InChI=1S/C20H21NO4/c1-14(2)12-24-18-9-8-17(10-19(18)23-3)20(22)25-13-16-6-4-15(11-21)5-7-16/h4-10,14H,12-13H2,1-3H3. The van der Waals surface area contributed by atoms with Crippen LogP contribution < -0.4 is 9.47 Å². The van der Waals surface area contributed by atoms with E-state index in [1.54, 1.807) is 42.5 Å². The minimum Gasteiger partial charge on any atom is -0.493 e. The van der Waals surface area contributed by atoms with Gasteiger partial charge in [-0.1, -0.05) is 26.0 Å². The number of methoxy groups -OCH3 is 1. The van der Waals surface area contributed by atoms with Crippen molar-refractivity contribution < 1.29 is 19.0 Å². The number of carbonyl (C=O) groups is 1. The lowest BCUT2D eigenvalue weighted by Crippen LogP contribution is -2.08. The molecule has 0 saturated heterocycles. The van der Waals surface area contributed by atoms with Crippen molar-refractivity contribution in [2.24, 2.45) is 5.92 Å². The first-order valence-electron chi connectivity index (χ1n) is 8.00. The van der Waals surface area contributed by atoms with Crippen LogP contribution in [0.1, 0.15) is 35.3 Å². The molecule has 0 amide bonds. The van der Waals surface area contributed by atoms with E-state index in [2.05, 4.69) is 13.8 Å². The number of hydrogen-bond donors (Lipinski definition) is 0. The number of nitriles is 1. The van der Waals surface area contributed by atoms with Crippen LogP contribution in [0.5, 0.6) is 11.5 Å². The first-order chi connectivity index (χ1) is 12.0. The second-order valence-electron chi connectivity index (χ2n) is 5.96. The molecule has 0 fully saturated rings. The predicted octanol–water partition coefficient (Wildman–Crippen LogP) is 3.96. The fourth-order valence-electron chi connectivity index (χ4n) is 2.08. The van der Waals surface area contributed by atoms with E-state index < -0.39 is 5.97 Å². The van der Waals surface area contributed by atoms with E-state index in [1.807, 2.05) is 6.07 Å². The van der Waals surface area contributed by atoms with Crippen LogP contribution >= 0.6 is 0 Å². The van der Waals surface area contributed by atoms with Crippen molar-refractivity contribution >= 4 is 5.97 Å². The molecular formula is C20H21NO4. The predicted molar refractivity (Wildman–Crippen MR) is 93.6 cm³/mol. The molecule has 0 radical (unpaired) electrons. The van der Waals surface area contributed by atoms with Crippen molar-refractivity contribution in [3.8, 4) is 17.6 Å². The molecular weight excluding hydrogens is 318 g/mol. The van der Waals surface area contributed by atoms with Crippen LogP contribution in [0.4, 0.5) is 0 Å². The van der Waals surface area contributed by atoms with E-state index >= 15 is 0 Å². The molecule has 0 aromatic heterocycles. The summed E-state index contributed by atoms with van der Waals surface area (Å²) in [7, 11) is 1.53. The summed E-state index contributed by atoms with van der Waals surface area (Å²) in [6.07, 6.45) is 0. The van der Waals surface area contributed by atoms with Gasteiger partial charge in [0.25, 0.3) is 0 Å². The molecule has 2 rings (SSSR count). The lowest BCUT2D eigenvalue weighted by molar-refractivity contribution is 0.0472. The highest BCUT2D eigenvalue weighted by Crippen LogP contribution is 2.28. The molecule has 0 bridgehead atoms. The number of benzene rings is 2. The maximum absolute atomic E-state index is 12.2. The second-order valence-corrected chi connectivity index (χ2v) is 5.96. The van der Waals surface area contributed by atoms with E-state index in [4.69, 9.17) is 19.5 Å². The van der Waals surface area contributed by atoms with Crippen LogP contribution in [0.25, 0.3) is 0 Å². The monoisotopic (exact) mass is 339 g/mol. The third kappa shape index (κ3) is 5.25. The summed E-state index contributed by atoms with van der Waals surface area (Å²) in [6, 6.07) is 13.9. The van der Waals surface area contributed by atoms with Gasteiger partial charge < -0.3 is 14.2 Å². The van der Waals surface area contributed by atoms with E-state index in [0.29, 0.717) is 35.2 Å². The summed E-state index contributed by atoms with van der Waals surface area (Å²) >= 11 is 0. The third-order valence-corrected chi connectivity index (χ3v) is 3.42. The molecule has 0 atom stereocenters. The maximum atomic E-state index is 12.2. The first kappa shape index (κ1) is 18.3. The summed E-state index contributed by atoms with van der Waals surface area (Å²) in [6.45, 7) is 4.82. The fraction of sp³-hybridized carbons (Fsp3) is 0.300. The zero-order valence-corrected chi connectivity index (χ0v) is 14.6. The van der Waals surface area contributed by atoms with Gasteiger partial charge in [0.15, 0.2) is 11.5 Å². The summed E-state index contributed by atoms with van der Waals surface area (Å²) in [5, 5.41) is 8.78. The first-order valence-corrected chi connectivity index (χ1v) is 8.00. The molecule has 0 N–H and O–H groups in total. The molecule has 0 aliphatic carbocycles. The quantitative estimate of drug-likeness (QED) is 0.714. The lowest BCUT2D eigenvalue weighted by atomic mass is 10.1. The average molecular weight is 339 g/mol. The van der Waals surface area contributed by atoms with Crippen molar-refractivity contribution in [1.29, 1.82) is 5.26 Å². The number of rotatable bonds is 7. The SMILES string of the molecule is COc1cc(C(=O)OCc2ccc(C#N)cc2)ccc1OCC(C)C. The highest BCUT2D eigenvalue weighted by molar-refractivity contribution is 5.90. The van der Waals surface area contributed by atoms with Gasteiger partial charge in [-0.05, 0) is 41.8 Å². The van der Waals surface area contributed by atoms with Crippen LogP contribution in [0, 0.1) is 17.2 Å². The lowest BCUT2D eigenvalue weighted by Gasteiger charge is -2.13. The normalized spacial score (nSPS) is 10.2. The largest absolute Gasteiger partial charge is 0.493 e. The van der Waals surface area contributed by atoms with Crippen LogP contribution in [0.2, 0.25) is 0 Å². The van der Waals surface area contributed by atoms with E-state index in [-0.39, 0.29) is 6.61 Å². The Balaban J connectivity index is 2.01. The van der Waals surface area contributed by atoms with Gasteiger partial charge in [0, 0.05) is 0 Å². The summed E-state index contributed by atoms with van der Waals surface area (Å²) < 4.78 is 16.3. The van der Waals surface area contributed by atoms with Gasteiger partial charge in [-0.25, -0.2) is 4.79 Å². The highest BCUT2D eigenvalue weighted by Gasteiger charge is 2.13. The maximum Gasteiger partial charge on any atom is 0.338 e. The Morgan fingerprint density at radius 1 is 1.12 bits per heavy atom. The van der Waals surface area contributed by atoms with Crippen molar-refractivity contribution in [2.75, 3.05) is 13.7 Å². The molecule has 2 aromatic rings. The molecule has 0 saturated carbocycles. The Bertz CT molecular complexity index is 760. The van der Waals surface area contributed by atoms with Gasteiger partial charge in [0.05, 0.1) is 30.9 Å². The number of carbonyl (C=O) groups excluding carboxylic acids is 1. The molecule has 130 valence electrons. The minimum atomic E-state index is -0.446. The van der Waals surface area contributed by atoms with Crippen LogP contribution in [0.3, 0.4) is 0 Å². The molecule has 0 heterocycles. The third-order valence-electron chi connectivity index (χ3n) is 3.42. The number of esters is 1. The Morgan fingerprint density at radius 2 is 1.84 bits per heavy atom. The topological polar surface area (TPSA) is 68.5 Å². The molecule has 25 heavy (non-hydrogen) atoms. The molecule has 0 unspecified atom stereocenters. The van der Waals surface area contributed by atoms with Gasteiger partial charge in [-0.3, -0.25) is 0 Å². The van der Waals surface area contributed by atoms with Gasteiger partial charge in [-0.2, -0.15) is 5.26 Å². The Kier molecular flexibility index (Phi) is 6.41. The average Bonchev–Trinajstić information content (AvgIpc) is 2.64. The van der Waals surface area contributed by atoms with Crippen molar-refractivity contribution in [3.63, 3.8) is 0 Å². The summed E-state index contributed by atoms with van der Waals surface area (Å²) in [5.41, 5.74) is 1.77. The summed E-state index contributed by atoms with van der Waals surface area (Å²) in [4.78, 5) is 12.2. The van der Waals surface area contributed by atoms with Crippen molar-refractivity contribution in [1.82, 2.24) is 0 Å². The second kappa shape index (κ2) is 8.74. The van der Waals surface area contributed by atoms with Crippen LogP contribution in [-0.2, 0) is 11.3 Å². The smallest absolute Gasteiger partial charge is 0.338 e. The van der Waals surface area contributed by atoms with Gasteiger partial charge in [0.2, 0.25) is 0 Å². The van der Waals surface area contributed by atoms with E-state index in [9.17, 15) is 4.79 Å². The van der Waals surface area contributed by atoms with E-state index in [1.165, 1.54) is 7.11 Å². The van der Waals surface area contributed by atoms with Crippen LogP contribution in [-0.4, -0.2) is 19.7 Å². The zero-order chi connectivity index (χ0) is 18.2. The minimum absolute atomic E-state index is 0.137. The van der Waals surface area contributed by atoms with Gasteiger partial charge >= 0.3 is 5.97 Å². The number of nitrogens with zero attached hydrogens (tertiary/aromatic N) is 1. The number of ether oxygens (including phenoxy) is 3. The van der Waals surface area contributed by atoms with Gasteiger partial charge in [-0.15, -0.1) is 0 Å². The molecule has 0 aliphatic heterocycles. The van der Waals surface area contributed by atoms with Gasteiger partial charge in [0.1, 0.15) is 6.61 Å². The summed E-state index contributed by atoms with van der Waals surface area (Å²) in [5.74, 6) is 1.04. The molecule has 2 aromatic carbocycles. The highest BCUT2D eigenvalue weighted by atomic mass is 16.5. The van der Waals surface area contributed by atoms with E-state index in [0.717, 1.165) is 5.56 Å². The molecule has 5 nitrogen and oxygen atoms in total. The Morgan fingerprint density at radius 3 is 2.44 bits per heavy atom. The number of hydrogen-bond acceptors (Lipinski definition) is 5. The Hall–Kier alpha value is -3.00. The molecule has 0 spiro atoms.